The number of hydrogen-bond donors (Lipinski definition) is 0. The van der Waals surface area contributed by atoms with Crippen LogP contribution in [0.2, 0.25) is 0 Å². The van der Waals surface area contributed by atoms with Crippen molar-refractivity contribution in [1.29, 1.82) is 0 Å². The topological polar surface area (TPSA) is 59.1 Å². The van der Waals surface area contributed by atoms with Gasteiger partial charge in [-0.15, -0.1) is 0 Å². The van der Waals surface area contributed by atoms with Crippen molar-refractivity contribution in [1.82, 2.24) is 9.21 Å². The van der Waals surface area contributed by atoms with Gasteiger partial charge in [-0.05, 0) is 82.9 Å². The highest BCUT2D eigenvalue weighted by Crippen LogP contribution is 2.25. The smallest absolute Gasteiger partial charge is 0.243 e. The van der Waals surface area contributed by atoms with Crippen molar-refractivity contribution < 1.29 is 17.9 Å². The predicted octanol–water partition coefficient (Wildman–Crippen LogP) is 2.74. The highest BCUT2D eigenvalue weighted by Gasteiger charge is 2.32. The van der Waals surface area contributed by atoms with Gasteiger partial charge in [0.05, 0.1) is 11.5 Å². The molecule has 2 saturated heterocycles. The lowest BCUT2D eigenvalue weighted by Crippen LogP contribution is -2.44. The van der Waals surface area contributed by atoms with Crippen LogP contribution in [-0.4, -0.2) is 69.7 Å². The van der Waals surface area contributed by atoms with Crippen LogP contribution in [0.1, 0.15) is 39.0 Å². The zero-order chi connectivity index (χ0) is 19.1. The summed E-state index contributed by atoms with van der Waals surface area (Å²) in [6.07, 6.45) is 4.91. The normalized spacial score (nSPS) is 19.6. The second kappa shape index (κ2) is 9.87. The standard InChI is InChI=1S/C20H32N2O4S/c1-2-26-19-6-8-20(9-7-19)27(23,24)22(18-10-16-25-17-11-18)15-5-14-21-12-3-4-13-21/h6-9,18H,2-5,10-17H2,1H3. The zero-order valence-electron chi connectivity index (χ0n) is 16.3. The summed E-state index contributed by atoms with van der Waals surface area (Å²) in [7, 11) is -3.52. The molecule has 1 aromatic carbocycles. The number of likely N-dealkylation sites (tertiary alicyclic amines) is 1. The van der Waals surface area contributed by atoms with Crippen molar-refractivity contribution in [2.75, 3.05) is 46.0 Å². The minimum absolute atomic E-state index is 0.0221. The summed E-state index contributed by atoms with van der Waals surface area (Å²) in [5.41, 5.74) is 0. The first kappa shape index (κ1) is 20.6. The number of ether oxygens (including phenoxy) is 2. The van der Waals surface area contributed by atoms with E-state index in [1.165, 1.54) is 12.8 Å². The minimum Gasteiger partial charge on any atom is -0.494 e. The molecular formula is C20H32N2O4S. The van der Waals surface area contributed by atoms with Crippen molar-refractivity contribution in [3.8, 4) is 5.75 Å². The van der Waals surface area contributed by atoms with E-state index in [2.05, 4.69) is 4.90 Å². The highest BCUT2D eigenvalue weighted by atomic mass is 32.2. The van der Waals surface area contributed by atoms with Crippen LogP contribution < -0.4 is 4.74 Å². The summed E-state index contributed by atoms with van der Waals surface area (Å²) in [4.78, 5) is 2.78. The maximum Gasteiger partial charge on any atom is 0.243 e. The Balaban J connectivity index is 1.72. The fraction of sp³-hybridized carbons (Fsp3) is 0.700. The maximum atomic E-state index is 13.4. The average molecular weight is 397 g/mol. The lowest BCUT2D eigenvalue weighted by atomic mass is 10.1. The molecule has 0 amide bonds. The maximum absolute atomic E-state index is 13.4. The first-order chi connectivity index (χ1) is 13.1. The Hall–Kier alpha value is -1.15. The van der Waals surface area contributed by atoms with Gasteiger partial charge in [-0.25, -0.2) is 8.42 Å². The van der Waals surface area contributed by atoms with Gasteiger partial charge in [0.25, 0.3) is 0 Å². The lowest BCUT2D eigenvalue weighted by molar-refractivity contribution is 0.0577. The van der Waals surface area contributed by atoms with Gasteiger partial charge in [0, 0.05) is 25.8 Å². The van der Waals surface area contributed by atoms with Crippen molar-refractivity contribution in [3.05, 3.63) is 24.3 Å². The Morgan fingerprint density at radius 3 is 2.44 bits per heavy atom. The van der Waals surface area contributed by atoms with Crippen LogP contribution in [0.5, 0.6) is 5.75 Å². The predicted molar refractivity (Wildman–Crippen MR) is 106 cm³/mol. The SMILES string of the molecule is CCOc1ccc(S(=O)(=O)N(CCCN2CCCC2)C2CCOCC2)cc1. The average Bonchev–Trinajstić information content (AvgIpc) is 3.20. The summed E-state index contributed by atoms with van der Waals surface area (Å²) >= 11 is 0. The van der Waals surface area contributed by atoms with E-state index >= 15 is 0 Å². The van der Waals surface area contributed by atoms with Gasteiger partial charge < -0.3 is 14.4 Å². The summed E-state index contributed by atoms with van der Waals surface area (Å²) in [5, 5.41) is 0. The van der Waals surface area contributed by atoms with Crippen LogP contribution >= 0.6 is 0 Å². The van der Waals surface area contributed by atoms with Gasteiger partial charge in [-0.1, -0.05) is 0 Å². The summed E-state index contributed by atoms with van der Waals surface area (Å²) in [6, 6.07) is 6.82. The second-order valence-corrected chi connectivity index (χ2v) is 9.16. The first-order valence-corrected chi connectivity index (χ1v) is 11.6. The molecule has 0 radical (unpaired) electrons. The summed E-state index contributed by atoms with van der Waals surface area (Å²) < 4.78 is 39.3. The third-order valence-corrected chi connectivity index (χ3v) is 7.36. The minimum atomic E-state index is -3.52. The summed E-state index contributed by atoms with van der Waals surface area (Å²) in [5.74, 6) is 0.697. The Labute approximate surface area is 163 Å². The molecular weight excluding hydrogens is 364 g/mol. The molecule has 2 aliphatic heterocycles. The van der Waals surface area contributed by atoms with E-state index in [-0.39, 0.29) is 6.04 Å². The van der Waals surface area contributed by atoms with Crippen molar-refractivity contribution in [2.45, 2.75) is 50.0 Å². The number of hydrogen-bond acceptors (Lipinski definition) is 5. The van der Waals surface area contributed by atoms with Crippen LogP contribution in [0.3, 0.4) is 0 Å². The molecule has 2 fully saturated rings. The fourth-order valence-corrected chi connectivity index (χ4v) is 5.66. The molecule has 0 bridgehead atoms. The molecule has 0 spiro atoms. The number of rotatable bonds is 9. The van der Waals surface area contributed by atoms with E-state index in [1.807, 2.05) is 6.92 Å². The van der Waals surface area contributed by atoms with E-state index < -0.39 is 10.0 Å². The molecule has 0 aromatic heterocycles. The van der Waals surface area contributed by atoms with E-state index in [0.717, 1.165) is 38.9 Å². The van der Waals surface area contributed by atoms with E-state index in [0.29, 0.717) is 37.0 Å². The number of sulfonamides is 1. The van der Waals surface area contributed by atoms with Gasteiger partial charge in [-0.3, -0.25) is 0 Å². The molecule has 7 heteroatoms. The molecule has 0 unspecified atom stereocenters. The van der Waals surface area contributed by atoms with Crippen LogP contribution in [0.25, 0.3) is 0 Å². The van der Waals surface area contributed by atoms with Crippen LogP contribution in [0.15, 0.2) is 29.2 Å². The molecule has 27 heavy (non-hydrogen) atoms. The Morgan fingerprint density at radius 1 is 1.15 bits per heavy atom. The fourth-order valence-electron chi connectivity index (χ4n) is 3.94. The molecule has 2 aliphatic rings. The van der Waals surface area contributed by atoms with Crippen molar-refractivity contribution >= 4 is 10.0 Å². The van der Waals surface area contributed by atoms with Crippen molar-refractivity contribution in [3.63, 3.8) is 0 Å². The monoisotopic (exact) mass is 396 g/mol. The molecule has 0 atom stereocenters. The van der Waals surface area contributed by atoms with Crippen molar-refractivity contribution in [2.24, 2.45) is 0 Å². The van der Waals surface area contributed by atoms with Crippen LogP contribution in [-0.2, 0) is 14.8 Å². The first-order valence-electron chi connectivity index (χ1n) is 10.2. The van der Waals surface area contributed by atoms with E-state index in [1.54, 1.807) is 28.6 Å². The second-order valence-electron chi connectivity index (χ2n) is 7.27. The quantitative estimate of drug-likeness (QED) is 0.642. The molecule has 0 saturated carbocycles. The Kier molecular flexibility index (Phi) is 7.52. The molecule has 3 rings (SSSR count). The molecule has 6 nitrogen and oxygen atoms in total. The van der Waals surface area contributed by atoms with Gasteiger partial charge in [0.2, 0.25) is 10.0 Å². The molecule has 0 aliphatic carbocycles. The summed E-state index contributed by atoms with van der Waals surface area (Å²) in [6.45, 7) is 7.56. The molecule has 0 N–H and O–H groups in total. The molecule has 1 aromatic rings. The van der Waals surface area contributed by atoms with Gasteiger partial charge in [0.1, 0.15) is 5.75 Å². The van der Waals surface area contributed by atoms with Gasteiger partial charge in [0.15, 0.2) is 0 Å². The van der Waals surface area contributed by atoms with E-state index in [4.69, 9.17) is 9.47 Å². The number of benzene rings is 1. The molecule has 2 heterocycles. The van der Waals surface area contributed by atoms with Crippen LogP contribution in [0.4, 0.5) is 0 Å². The van der Waals surface area contributed by atoms with Gasteiger partial charge >= 0.3 is 0 Å². The lowest BCUT2D eigenvalue weighted by Gasteiger charge is -2.33. The Morgan fingerprint density at radius 2 is 1.81 bits per heavy atom. The van der Waals surface area contributed by atoms with Gasteiger partial charge in [-0.2, -0.15) is 4.31 Å². The highest BCUT2D eigenvalue weighted by molar-refractivity contribution is 7.89. The number of nitrogens with zero attached hydrogens (tertiary/aromatic N) is 2. The molecule has 152 valence electrons. The third kappa shape index (κ3) is 5.44. The zero-order valence-corrected chi connectivity index (χ0v) is 17.1. The Bertz CT molecular complexity index is 666. The van der Waals surface area contributed by atoms with E-state index in [9.17, 15) is 8.42 Å². The van der Waals surface area contributed by atoms with Crippen LogP contribution in [0, 0.1) is 0 Å². The largest absolute Gasteiger partial charge is 0.494 e. The third-order valence-electron chi connectivity index (χ3n) is 5.39.